The number of hydrogen-bond donors (Lipinski definition) is 0. The first-order chi connectivity index (χ1) is 13.2. The highest BCUT2D eigenvalue weighted by atomic mass is 14.5. The number of unbranched alkanes of at least 4 members (excludes halogenated alkanes) is 7. The van der Waals surface area contributed by atoms with Gasteiger partial charge in [0.25, 0.3) is 0 Å². The van der Waals surface area contributed by atoms with Crippen molar-refractivity contribution in [3.05, 3.63) is 0 Å². The van der Waals surface area contributed by atoms with Crippen molar-refractivity contribution in [2.45, 2.75) is 136 Å². The smallest absolute Gasteiger partial charge is 0.0689 e. The molecule has 0 unspecified atom stereocenters. The first-order valence-corrected chi connectivity index (χ1v) is 12.6. The topological polar surface area (TPSA) is 23.8 Å². The van der Waals surface area contributed by atoms with Gasteiger partial charge in [-0.3, -0.25) is 0 Å². The van der Waals surface area contributed by atoms with E-state index in [0.29, 0.717) is 0 Å². The maximum Gasteiger partial charge on any atom is 0.0689 e. The second-order valence-electron chi connectivity index (χ2n) is 10.0. The van der Waals surface area contributed by atoms with E-state index in [1.807, 2.05) is 0 Å². The minimum atomic E-state index is 0.0339. The zero-order chi connectivity index (χ0) is 19.4. The van der Waals surface area contributed by atoms with Crippen molar-refractivity contribution < 1.29 is 0 Å². The molecule has 2 rings (SSSR count). The lowest BCUT2D eigenvalue weighted by Crippen LogP contribution is -2.32. The first kappa shape index (κ1) is 22.8. The van der Waals surface area contributed by atoms with Crippen molar-refractivity contribution in [3.8, 4) is 6.07 Å². The van der Waals surface area contributed by atoms with Gasteiger partial charge in [0.05, 0.1) is 11.5 Å². The Labute approximate surface area is 170 Å². The second kappa shape index (κ2) is 12.9. The van der Waals surface area contributed by atoms with Gasteiger partial charge in [-0.1, -0.05) is 104 Å². The molecule has 27 heavy (non-hydrogen) atoms. The number of nitriles is 1. The number of rotatable bonds is 12. The summed E-state index contributed by atoms with van der Waals surface area (Å²) in [5.74, 6) is 2.81. The molecule has 0 saturated heterocycles. The molecular weight excluding hydrogens is 326 g/mol. The van der Waals surface area contributed by atoms with Crippen LogP contribution in [0.1, 0.15) is 136 Å². The fourth-order valence-electron chi connectivity index (χ4n) is 6.07. The highest BCUT2D eigenvalue weighted by Crippen LogP contribution is 2.48. The Kier molecular flexibility index (Phi) is 10.8. The molecule has 0 aromatic heterocycles. The Morgan fingerprint density at radius 2 is 1.44 bits per heavy atom. The van der Waals surface area contributed by atoms with Crippen LogP contribution < -0.4 is 0 Å². The van der Waals surface area contributed by atoms with Crippen molar-refractivity contribution in [1.29, 1.82) is 5.26 Å². The number of hydrogen-bond acceptors (Lipinski definition) is 1. The highest BCUT2D eigenvalue weighted by Gasteiger charge is 2.39. The summed E-state index contributed by atoms with van der Waals surface area (Å²) in [5, 5.41) is 9.99. The Balaban J connectivity index is 1.72. The Hall–Kier alpha value is -0.510. The summed E-state index contributed by atoms with van der Waals surface area (Å²) in [5.41, 5.74) is 0.0339. The van der Waals surface area contributed by atoms with Crippen LogP contribution in [0.5, 0.6) is 0 Å². The van der Waals surface area contributed by atoms with Crippen molar-refractivity contribution in [3.63, 3.8) is 0 Å². The van der Waals surface area contributed by atoms with E-state index in [0.717, 1.165) is 17.8 Å². The number of nitrogens with zero attached hydrogens (tertiary/aromatic N) is 1. The maximum atomic E-state index is 9.99. The fraction of sp³-hybridized carbons (Fsp3) is 0.962. The van der Waals surface area contributed by atoms with Gasteiger partial charge in [0.1, 0.15) is 0 Å². The van der Waals surface area contributed by atoms with E-state index in [-0.39, 0.29) is 5.41 Å². The van der Waals surface area contributed by atoms with Crippen LogP contribution >= 0.6 is 0 Å². The molecule has 0 aliphatic heterocycles. The van der Waals surface area contributed by atoms with Crippen LogP contribution in [0.3, 0.4) is 0 Å². The summed E-state index contributed by atoms with van der Waals surface area (Å²) in [6.07, 6.45) is 26.0. The molecule has 0 bridgehead atoms. The maximum absolute atomic E-state index is 9.99. The molecule has 0 amide bonds. The van der Waals surface area contributed by atoms with Crippen molar-refractivity contribution in [1.82, 2.24) is 0 Å². The normalized spacial score (nSPS) is 31.5. The summed E-state index contributed by atoms with van der Waals surface area (Å²) in [4.78, 5) is 0. The largest absolute Gasteiger partial charge is 0.198 e. The van der Waals surface area contributed by atoms with E-state index in [1.165, 1.54) is 122 Å². The third-order valence-corrected chi connectivity index (χ3v) is 7.90. The fourth-order valence-corrected chi connectivity index (χ4v) is 6.07. The molecule has 2 saturated carbocycles. The molecule has 1 nitrogen and oxygen atoms in total. The molecule has 156 valence electrons. The summed E-state index contributed by atoms with van der Waals surface area (Å²) >= 11 is 0. The molecule has 2 fully saturated rings. The van der Waals surface area contributed by atoms with Gasteiger partial charge in [0.2, 0.25) is 0 Å². The standard InChI is InChI=1S/C26H47N/c1-3-5-7-9-11-19-26(22-27)20-12-14-25(21-26)24-17-15-23(16-18-24)13-10-8-6-4-2/h23-25H,3-21H2,1-2H3/t23?,24?,25-,26+/m1/s1. The van der Waals surface area contributed by atoms with Gasteiger partial charge in [-0.05, 0) is 49.9 Å². The van der Waals surface area contributed by atoms with Crippen LogP contribution in [0.2, 0.25) is 0 Å². The molecular formula is C26H47N. The third kappa shape index (κ3) is 7.79. The van der Waals surface area contributed by atoms with Gasteiger partial charge in [0.15, 0.2) is 0 Å². The molecule has 2 aliphatic rings. The lowest BCUT2D eigenvalue weighted by Gasteiger charge is -2.42. The summed E-state index contributed by atoms with van der Waals surface area (Å²) in [7, 11) is 0. The molecule has 0 spiro atoms. The van der Waals surface area contributed by atoms with Crippen LogP contribution in [0, 0.1) is 34.5 Å². The lowest BCUT2D eigenvalue weighted by atomic mass is 9.62. The molecule has 0 N–H and O–H groups in total. The minimum Gasteiger partial charge on any atom is -0.198 e. The zero-order valence-electron chi connectivity index (χ0n) is 18.6. The molecule has 0 aromatic carbocycles. The molecule has 2 aliphatic carbocycles. The average Bonchev–Trinajstić information content (AvgIpc) is 2.72. The Morgan fingerprint density at radius 1 is 0.778 bits per heavy atom. The van der Waals surface area contributed by atoms with Gasteiger partial charge in [-0.25, -0.2) is 0 Å². The van der Waals surface area contributed by atoms with E-state index >= 15 is 0 Å². The summed E-state index contributed by atoms with van der Waals surface area (Å²) in [6, 6.07) is 2.83. The molecule has 0 aromatic rings. The zero-order valence-corrected chi connectivity index (χ0v) is 18.6. The molecule has 0 heterocycles. The van der Waals surface area contributed by atoms with E-state index in [1.54, 1.807) is 0 Å². The third-order valence-electron chi connectivity index (χ3n) is 7.90. The van der Waals surface area contributed by atoms with E-state index in [4.69, 9.17) is 0 Å². The van der Waals surface area contributed by atoms with E-state index in [2.05, 4.69) is 19.9 Å². The van der Waals surface area contributed by atoms with E-state index < -0.39 is 0 Å². The Bertz CT molecular complexity index is 414. The quantitative estimate of drug-likeness (QED) is 0.313. The summed E-state index contributed by atoms with van der Waals surface area (Å²) in [6.45, 7) is 4.59. The van der Waals surface area contributed by atoms with Gasteiger partial charge in [0, 0.05) is 0 Å². The van der Waals surface area contributed by atoms with Gasteiger partial charge in [-0.2, -0.15) is 5.26 Å². The van der Waals surface area contributed by atoms with Crippen LogP contribution in [0.15, 0.2) is 0 Å². The van der Waals surface area contributed by atoms with Crippen molar-refractivity contribution >= 4 is 0 Å². The summed E-state index contributed by atoms with van der Waals surface area (Å²) < 4.78 is 0. The van der Waals surface area contributed by atoms with Gasteiger partial charge < -0.3 is 0 Å². The average molecular weight is 374 g/mol. The van der Waals surface area contributed by atoms with Gasteiger partial charge >= 0.3 is 0 Å². The molecule has 2 atom stereocenters. The SMILES string of the molecule is CCCCCCC[C@]1(C#N)CCC[C@@H](C2CCC(CCCCCC)CC2)C1. The first-order valence-electron chi connectivity index (χ1n) is 12.6. The highest BCUT2D eigenvalue weighted by molar-refractivity contribution is 5.03. The van der Waals surface area contributed by atoms with Crippen LogP contribution in [0.4, 0.5) is 0 Å². The van der Waals surface area contributed by atoms with E-state index in [9.17, 15) is 5.26 Å². The predicted molar refractivity (Wildman–Crippen MR) is 118 cm³/mol. The minimum absolute atomic E-state index is 0.0339. The lowest BCUT2D eigenvalue weighted by molar-refractivity contribution is 0.102. The van der Waals surface area contributed by atoms with Crippen LogP contribution in [-0.4, -0.2) is 0 Å². The Morgan fingerprint density at radius 3 is 2.11 bits per heavy atom. The molecule has 1 heteroatoms. The van der Waals surface area contributed by atoms with Crippen molar-refractivity contribution in [2.24, 2.45) is 23.2 Å². The van der Waals surface area contributed by atoms with Crippen molar-refractivity contribution in [2.75, 3.05) is 0 Å². The monoisotopic (exact) mass is 373 g/mol. The molecule has 0 radical (unpaired) electrons. The van der Waals surface area contributed by atoms with Crippen LogP contribution in [0.25, 0.3) is 0 Å². The second-order valence-corrected chi connectivity index (χ2v) is 10.0. The van der Waals surface area contributed by atoms with Crippen LogP contribution in [-0.2, 0) is 0 Å². The van der Waals surface area contributed by atoms with Gasteiger partial charge in [-0.15, -0.1) is 0 Å². The predicted octanol–water partition coefficient (Wildman–Crippen LogP) is 8.82.